The largest absolute Gasteiger partial charge is 0.493 e. The van der Waals surface area contributed by atoms with Crippen LogP contribution in [0, 0.1) is 5.92 Å². The van der Waals surface area contributed by atoms with Crippen molar-refractivity contribution in [3.05, 3.63) is 54.1 Å². The van der Waals surface area contributed by atoms with Gasteiger partial charge >= 0.3 is 0 Å². The van der Waals surface area contributed by atoms with E-state index in [4.69, 9.17) is 18.9 Å². The molecule has 1 aliphatic heterocycles. The predicted molar refractivity (Wildman–Crippen MR) is 127 cm³/mol. The third-order valence-corrected chi connectivity index (χ3v) is 5.36. The molecule has 174 valence electrons. The molecule has 1 fully saturated rings. The Morgan fingerprint density at radius 3 is 2.50 bits per heavy atom. The molecule has 1 saturated heterocycles. The second-order valence-electron chi connectivity index (χ2n) is 7.73. The molecule has 2 aromatic carbocycles. The molecule has 2 aromatic rings. The molecule has 3 rings (SSSR count). The highest BCUT2D eigenvalue weighted by Gasteiger charge is 2.13. The van der Waals surface area contributed by atoms with Gasteiger partial charge in [0.25, 0.3) is 0 Å². The Morgan fingerprint density at radius 2 is 1.78 bits per heavy atom. The lowest BCUT2D eigenvalue weighted by atomic mass is 10.0. The third-order valence-electron chi connectivity index (χ3n) is 5.36. The lowest BCUT2D eigenvalue weighted by Crippen LogP contribution is -2.37. The average molecular weight is 442 g/mol. The van der Waals surface area contributed by atoms with Gasteiger partial charge in [0.1, 0.15) is 5.75 Å². The molecule has 7 heteroatoms. The van der Waals surface area contributed by atoms with E-state index in [-0.39, 0.29) is 0 Å². The molecule has 0 bridgehead atoms. The van der Waals surface area contributed by atoms with Crippen LogP contribution in [0.15, 0.2) is 53.5 Å². The smallest absolute Gasteiger partial charge is 0.191 e. The fourth-order valence-electron chi connectivity index (χ4n) is 3.46. The van der Waals surface area contributed by atoms with E-state index in [1.54, 1.807) is 14.2 Å². The second kappa shape index (κ2) is 13.6. The van der Waals surface area contributed by atoms with Gasteiger partial charge in [0.2, 0.25) is 0 Å². The number of hydrogen-bond donors (Lipinski definition) is 2. The summed E-state index contributed by atoms with van der Waals surface area (Å²) in [4.78, 5) is 4.29. The topological polar surface area (TPSA) is 73.3 Å². The Balaban J connectivity index is 1.33. The van der Waals surface area contributed by atoms with Crippen LogP contribution in [0.5, 0.6) is 17.2 Å². The number of benzene rings is 2. The van der Waals surface area contributed by atoms with Crippen molar-refractivity contribution in [3.63, 3.8) is 0 Å². The van der Waals surface area contributed by atoms with Crippen molar-refractivity contribution in [2.75, 3.05) is 47.1 Å². The Bertz CT molecular complexity index is 820. The van der Waals surface area contributed by atoms with Crippen LogP contribution in [0.1, 0.15) is 24.8 Å². The van der Waals surface area contributed by atoms with Crippen LogP contribution in [-0.2, 0) is 16.0 Å². The van der Waals surface area contributed by atoms with Gasteiger partial charge in [0, 0.05) is 46.6 Å². The normalized spacial score (nSPS) is 14.8. The summed E-state index contributed by atoms with van der Waals surface area (Å²) in [7, 11) is 3.42. The highest BCUT2D eigenvalue weighted by molar-refractivity contribution is 5.79. The second-order valence-corrected chi connectivity index (χ2v) is 7.73. The number of nitrogens with one attached hydrogen (secondary N) is 2. The molecule has 0 radical (unpaired) electrons. The number of hydrogen-bond acceptors (Lipinski definition) is 5. The van der Waals surface area contributed by atoms with E-state index in [1.807, 2.05) is 48.5 Å². The van der Waals surface area contributed by atoms with Crippen molar-refractivity contribution >= 4 is 5.96 Å². The molecule has 0 unspecified atom stereocenters. The predicted octanol–water partition coefficient (Wildman–Crippen LogP) is 3.99. The van der Waals surface area contributed by atoms with E-state index in [1.165, 1.54) is 0 Å². The van der Waals surface area contributed by atoms with Crippen molar-refractivity contribution < 1.29 is 18.9 Å². The molecule has 0 amide bonds. The molecule has 0 saturated carbocycles. The maximum Gasteiger partial charge on any atom is 0.191 e. The summed E-state index contributed by atoms with van der Waals surface area (Å²) in [6.45, 7) is 4.83. The minimum Gasteiger partial charge on any atom is -0.493 e. The number of aliphatic imine (C=N–C) groups is 1. The molecule has 2 N–H and O–H groups in total. The molecule has 0 atom stereocenters. The molecule has 32 heavy (non-hydrogen) atoms. The molecule has 0 aliphatic carbocycles. The van der Waals surface area contributed by atoms with E-state index in [0.717, 1.165) is 69.5 Å². The Kier molecular flexibility index (Phi) is 10.2. The van der Waals surface area contributed by atoms with Gasteiger partial charge < -0.3 is 29.6 Å². The van der Waals surface area contributed by atoms with Crippen LogP contribution < -0.4 is 20.1 Å². The van der Waals surface area contributed by atoms with Crippen LogP contribution in [0.25, 0.3) is 0 Å². The first-order valence-corrected chi connectivity index (χ1v) is 11.3. The maximum atomic E-state index is 5.93. The molecule has 0 aromatic heterocycles. The highest BCUT2D eigenvalue weighted by atomic mass is 16.5. The quantitative estimate of drug-likeness (QED) is 0.312. The van der Waals surface area contributed by atoms with Crippen LogP contribution >= 0.6 is 0 Å². The van der Waals surface area contributed by atoms with Gasteiger partial charge in [-0.3, -0.25) is 4.99 Å². The fraction of sp³-hybridized carbons (Fsp3) is 0.480. The number of guanidine groups is 1. The summed E-state index contributed by atoms with van der Waals surface area (Å²) in [5, 5.41) is 6.67. The van der Waals surface area contributed by atoms with Gasteiger partial charge in [-0.2, -0.15) is 0 Å². The molecule has 1 aliphatic rings. The lowest BCUT2D eigenvalue weighted by Gasteiger charge is -2.21. The Labute approximate surface area is 191 Å². The molecular weight excluding hydrogens is 406 g/mol. The van der Waals surface area contributed by atoms with Crippen molar-refractivity contribution in [1.82, 2.24) is 10.6 Å². The minimum atomic E-state index is 0.651. The van der Waals surface area contributed by atoms with Crippen molar-refractivity contribution in [3.8, 4) is 17.2 Å². The van der Waals surface area contributed by atoms with Crippen LogP contribution in [-0.4, -0.2) is 53.1 Å². The summed E-state index contributed by atoms with van der Waals surface area (Å²) in [6, 6.07) is 15.6. The number of rotatable bonds is 11. The Morgan fingerprint density at radius 1 is 1.03 bits per heavy atom. The van der Waals surface area contributed by atoms with E-state index in [2.05, 4.69) is 15.6 Å². The first-order chi connectivity index (χ1) is 15.8. The number of ether oxygens (including phenoxy) is 4. The average Bonchev–Trinajstić information content (AvgIpc) is 2.85. The minimum absolute atomic E-state index is 0.651. The molecule has 1 heterocycles. The third kappa shape index (κ3) is 8.05. The number of nitrogens with zero attached hydrogens (tertiary/aromatic N) is 1. The summed E-state index contributed by atoms with van der Waals surface area (Å²) in [6.07, 6.45) is 3.17. The van der Waals surface area contributed by atoms with E-state index in [0.29, 0.717) is 24.0 Å². The summed E-state index contributed by atoms with van der Waals surface area (Å²) in [5.74, 6) is 3.60. The fourth-order valence-corrected chi connectivity index (χ4v) is 3.46. The molecular formula is C25H35N3O4. The van der Waals surface area contributed by atoms with Gasteiger partial charge in [0.15, 0.2) is 17.5 Å². The van der Waals surface area contributed by atoms with Crippen molar-refractivity contribution in [2.45, 2.75) is 25.8 Å². The standard InChI is InChI=1S/C25H35N3O4/c1-26-25(27-14-5-15-31-19-21-12-16-30-17-13-21)28-18-20-8-10-22(11-9-20)32-24-7-4-3-6-23(24)29-2/h3-4,6-11,21H,5,12-19H2,1-2H3,(H2,26,27,28). The van der Waals surface area contributed by atoms with Crippen LogP contribution in [0.2, 0.25) is 0 Å². The highest BCUT2D eigenvalue weighted by Crippen LogP contribution is 2.30. The summed E-state index contributed by atoms with van der Waals surface area (Å²) < 4.78 is 22.4. The first kappa shape index (κ1) is 23.9. The monoisotopic (exact) mass is 441 g/mol. The van der Waals surface area contributed by atoms with Gasteiger partial charge in [-0.05, 0) is 55.0 Å². The van der Waals surface area contributed by atoms with Gasteiger partial charge in [-0.25, -0.2) is 0 Å². The zero-order valence-electron chi connectivity index (χ0n) is 19.1. The van der Waals surface area contributed by atoms with E-state index >= 15 is 0 Å². The zero-order chi connectivity index (χ0) is 22.4. The SMILES string of the molecule is CN=C(NCCCOCC1CCOCC1)NCc1ccc(Oc2ccccc2OC)cc1. The Hall–Kier alpha value is -2.77. The van der Waals surface area contributed by atoms with E-state index in [9.17, 15) is 0 Å². The van der Waals surface area contributed by atoms with Crippen molar-refractivity contribution in [2.24, 2.45) is 10.9 Å². The van der Waals surface area contributed by atoms with Crippen molar-refractivity contribution in [1.29, 1.82) is 0 Å². The number of methoxy groups -OCH3 is 1. The van der Waals surface area contributed by atoms with Crippen LogP contribution in [0.3, 0.4) is 0 Å². The lowest BCUT2D eigenvalue weighted by molar-refractivity contribution is 0.0203. The summed E-state index contributed by atoms with van der Waals surface area (Å²) >= 11 is 0. The number of para-hydroxylation sites is 2. The molecule has 0 spiro atoms. The van der Waals surface area contributed by atoms with Crippen LogP contribution in [0.4, 0.5) is 0 Å². The first-order valence-electron chi connectivity index (χ1n) is 11.3. The maximum absolute atomic E-state index is 5.93. The molecule has 7 nitrogen and oxygen atoms in total. The van der Waals surface area contributed by atoms with Gasteiger partial charge in [-0.1, -0.05) is 24.3 Å². The zero-order valence-corrected chi connectivity index (χ0v) is 19.1. The summed E-state index contributed by atoms with van der Waals surface area (Å²) in [5.41, 5.74) is 1.14. The van der Waals surface area contributed by atoms with Gasteiger partial charge in [0.05, 0.1) is 7.11 Å². The van der Waals surface area contributed by atoms with Gasteiger partial charge in [-0.15, -0.1) is 0 Å². The van der Waals surface area contributed by atoms with E-state index < -0.39 is 0 Å².